The Bertz CT molecular complexity index is 195. The summed E-state index contributed by atoms with van der Waals surface area (Å²) in [6.45, 7) is 6.76. The highest BCUT2D eigenvalue weighted by Gasteiger charge is 2.05. The average molecular weight is 228 g/mol. The first-order chi connectivity index (χ1) is 7.40. The van der Waals surface area contributed by atoms with Gasteiger partial charge in [0.2, 0.25) is 0 Å². The molecule has 0 spiro atoms. The third-order valence-corrected chi connectivity index (χ3v) is 1.68. The number of carbonyl (C=O) groups excluding carboxylic acids is 3. The van der Waals surface area contributed by atoms with Gasteiger partial charge < -0.3 is 9.59 Å². The molecule has 3 nitrogen and oxygen atoms in total. The molecule has 3 heteroatoms. The Hall–Kier alpha value is -0.990. The second-order valence-corrected chi connectivity index (χ2v) is 4.39. The summed E-state index contributed by atoms with van der Waals surface area (Å²) in [5, 5.41) is 0. The Labute approximate surface area is 98.6 Å². The molecule has 0 unspecified atom stereocenters. The molecule has 0 aliphatic heterocycles. The van der Waals surface area contributed by atoms with Crippen molar-refractivity contribution in [3.8, 4) is 0 Å². The summed E-state index contributed by atoms with van der Waals surface area (Å²) < 4.78 is 0. The van der Waals surface area contributed by atoms with E-state index >= 15 is 0 Å². The predicted octanol–water partition coefficient (Wildman–Crippen LogP) is 2.96. The van der Waals surface area contributed by atoms with Gasteiger partial charge in [-0.05, 0) is 26.7 Å². The van der Waals surface area contributed by atoms with Crippen LogP contribution in [0.3, 0.4) is 0 Å². The molecule has 0 atom stereocenters. The Balaban J connectivity index is 0. The van der Waals surface area contributed by atoms with E-state index in [1.165, 1.54) is 20.3 Å². The molecule has 0 N–H and O–H groups in total. The van der Waals surface area contributed by atoms with Gasteiger partial charge in [-0.1, -0.05) is 20.3 Å². The monoisotopic (exact) mass is 228 g/mol. The maximum Gasteiger partial charge on any atom is 0.132 e. The topological polar surface area (TPSA) is 51.2 Å². The van der Waals surface area contributed by atoms with Crippen LogP contribution in [0.15, 0.2) is 0 Å². The lowest BCUT2D eigenvalue weighted by Crippen LogP contribution is -2.02. The van der Waals surface area contributed by atoms with E-state index in [0.717, 1.165) is 32.0 Å². The quantitative estimate of drug-likeness (QED) is 0.648. The predicted molar refractivity (Wildman–Crippen MR) is 65.3 cm³/mol. The largest absolute Gasteiger partial charge is 0.303 e. The molecule has 0 saturated heterocycles. The minimum absolute atomic E-state index is 0.167. The number of aldehydes is 1. The first-order valence-corrected chi connectivity index (χ1v) is 5.84. The molecule has 16 heavy (non-hydrogen) atoms. The smallest absolute Gasteiger partial charge is 0.132 e. The van der Waals surface area contributed by atoms with Crippen molar-refractivity contribution in [1.29, 1.82) is 0 Å². The highest BCUT2D eigenvalue weighted by Crippen LogP contribution is 2.12. The zero-order valence-electron chi connectivity index (χ0n) is 10.9. The molecule has 1 saturated carbocycles. The normalized spacial score (nSPS) is 14.2. The summed E-state index contributed by atoms with van der Waals surface area (Å²) in [6.07, 6.45) is 6.16. The fourth-order valence-corrected chi connectivity index (χ4v) is 0.946. The molecule has 1 aliphatic rings. The number of hydrogen-bond donors (Lipinski definition) is 0. The standard InChI is InChI=1S/C6H10O.C4H8O.C3H6O/c7-6-4-2-1-3-5-6;1-4(2)3-5;1-3(2)4/h1-5H2;3-4H,1-2H3;1-2H3. The average Bonchev–Trinajstić information content (AvgIpc) is 2.19. The molecular formula is C13H24O3. The summed E-state index contributed by atoms with van der Waals surface area (Å²) >= 11 is 0. The summed E-state index contributed by atoms with van der Waals surface area (Å²) in [6, 6.07) is 0. The van der Waals surface area contributed by atoms with Gasteiger partial charge in [0.25, 0.3) is 0 Å². The second-order valence-electron chi connectivity index (χ2n) is 4.39. The van der Waals surface area contributed by atoms with E-state index in [1.807, 2.05) is 13.8 Å². The van der Waals surface area contributed by atoms with Crippen molar-refractivity contribution in [1.82, 2.24) is 0 Å². The molecule has 0 amide bonds. The lowest BCUT2D eigenvalue weighted by atomic mass is 10.00. The van der Waals surface area contributed by atoms with Crippen LogP contribution in [-0.2, 0) is 14.4 Å². The maximum absolute atomic E-state index is 10.5. The van der Waals surface area contributed by atoms with Crippen molar-refractivity contribution < 1.29 is 14.4 Å². The molecule has 94 valence electrons. The highest BCUT2D eigenvalue weighted by atomic mass is 16.1. The van der Waals surface area contributed by atoms with Crippen molar-refractivity contribution in [3.63, 3.8) is 0 Å². The molecule has 0 bridgehead atoms. The number of carbonyl (C=O) groups is 3. The molecule has 0 aromatic heterocycles. The molecule has 0 heterocycles. The van der Waals surface area contributed by atoms with Gasteiger partial charge in [0.15, 0.2) is 0 Å². The van der Waals surface area contributed by atoms with Gasteiger partial charge in [0.05, 0.1) is 0 Å². The Morgan fingerprint density at radius 2 is 1.44 bits per heavy atom. The highest BCUT2D eigenvalue weighted by molar-refractivity contribution is 5.78. The van der Waals surface area contributed by atoms with Gasteiger partial charge in [0.1, 0.15) is 17.9 Å². The SMILES string of the molecule is CC(C)=O.CC(C)C=O.O=C1CCCCC1. The molecular weight excluding hydrogens is 204 g/mol. The molecule has 0 radical (unpaired) electrons. The molecule has 1 fully saturated rings. The van der Waals surface area contributed by atoms with Crippen molar-refractivity contribution >= 4 is 17.9 Å². The molecule has 1 aliphatic carbocycles. The van der Waals surface area contributed by atoms with E-state index in [4.69, 9.17) is 0 Å². The first-order valence-electron chi connectivity index (χ1n) is 5.84. The summed E-state index contributed by atoms with van der Waals surface area (Å²) in [4.78, 5) is 29.4. The number of rotatable bonds is 1. The van der Waals surface area contributed by atoms with E-state index in [2.05, 4.69) is 0 Å². The fraction of sp³-hybridized carbons (Fsp3) is 0.769. The number of ketones is 2. The van der Waals surface area contributed by atoms with E-state index in [1.54, 1.807) is 0 Å². The van der Waals surface area contributed by atoms with E-state index in [-0.39, 0.29) is 11.7 Å². The van der Waals surface area contributed by atoms with Gasteiger partial charge in [-0.25, -0.2) is 0 Å². The van der Waals surface area contributed by atoms with Crippen LogP contribution in [0.5, 0.6) is 0 Å². The second kappa shape index (κ2) is 12.1. The van der Waals surface area contributed by atoms with E-state index < -0.39 is 0 Å². The van der Waals surface area contributed by atoms with Crippen LogP contribution in [0, 0.1) is 5.92 Å². The van der Waals surface area contributed by atoms with Gasteiger partial charge in [-0.15, -0.1) is 0 Å². The number of Topliss-reactive ketones (excluding diaryl/α,β-unsaturated/α-hetero) is 2. The van der Waals surface area contributed by atoms with Crippen LogP contribution in [0.2, 0.25) is 0 Å². The summed E-state index contributed by atoms with van der Waals surface area (Å²) in [5.41, 5.74) is 0. The van der Waals surface area contributed by atoms with E-state index in [0.29, 0.717) is 5.78 Å². The maximum atomic E-state index is 10.5. The van der Waals surface area contributed by atoms with E-state index in [9.17, 15) is 14.4 Å². The van der Waals surface area contributed by atoms with Gasteiger partial charge in [-0.2, -0.15) is 0 Å². The molecule has 1 rings (SSSR count). The Morgan fingerprint density at radius 1 is 1.12 bits per heavy atom. The van der Waals surface area contributed by atoms with Crippen LogP contribution in [0.25, 0.3) is 0 Å². The fourth-order valence-electron chi connectivity index (χ4n) is 0.946. The Kier molecular flexibility index (Phi) is 13.1. The summed E-state index contributed by atoms with van der Waals surface area (Å²) in [7, 11) is 0. The minimum Gasteiger partial charge on any atom is -0.303 e. The molecule has 0 aromatic carbocycles. The number of hydrogen-bond acceptors (Lipinski definition) is 3. The van der Waals surface area contributed by atoms with Crippen molar-refractivity contribution in [2.24, 2.45) is 5.92 Å². The van der Waals surface area contributed by atoms with Crippen molar-refractivity contribution in [2.45, 2.75) is 59.8 Å². The van der Waals surface area contributed by atoms with Crippen LogP contribution < -0.4 is 0 Å². The zero-order valence-corrected chi connectivity index (χ0v) is 10.9. The van der Waals surface area contributed by atoms with Crippen LogP contribution in [0.1, 0.15) is 59.8 Å². The Morgan fingerprint density at radius 3 is 1.56 bits per heavy atom. The van der Waals surface area contributed by atoms with Gasteiger partial charge in [0, 0.05) is 18.8 Å². The van der Waals surface area contributed by atoms with Crippen molar-refractivity contribution in [3.05, 3.63) is 0 Å². The lowest BCUT2D eigenvalue weighted by Gasteiger charge is -2.05. The van der Waals surface area contributed by atoms with Crippen LogP contribution in [-0.4, -0.2) is 17.9 Å². The third kappa shape index (κ3) is 23.1. The lowest BCUT2D eigenvalue weighted by molar-refractivity contribution is -0.120. The van der Waals surface area contributed by atoms with Crippen molar-refractivity contribution in [2.75, 3.05) is 0 Å². The van der Waals surface area contributed by atoms with Gasteiger partial charge >= 0.3 is 0 Å². The zero-order chi connectivity index (χ0) is 13.0. The van der Waals surface area contributed by atoms with Crippen LogP contribution in [0.4, 0.5) is 0 Å². The third-order valence-electron chi connectivity index (χ3n) is 1.68. The summed E-state index contributed by atoms with van der Waals surface area (Å²) in [5.74, 6) is 0.834. The van der Waals surface area contributed by atoms with Crippen LogP contribution >= 0.6 is 0 Å². The van der Waals surface area contributed by atoms with Gasteiger partial charge in [-0.3, -0.25) is 4.79 Å². The minimum atomic E-state index is 0.167. The first kappa shape index (κ1) is 17.4. The molecule has 0 aromatic rings.